The molecule has 0 saturated carbocycles. The van der Waals surface area contributed by atoms with E-state index in [1.165, 1.54) is 0 Å². The van der Waals surface area contributed by atoms with Gasteiger partial charge in [0.25, 0.3) is 5.91 Å². The Kier molecular flexibility index (Phi) is 5.09. The molecule has 88 valence electrons. The van der Waals surface area contributed by atoms with Crippen LogP contribution in [0.3, 0.4) is 0 Å². The van der Waals surface area contributed by atoms with Gasteiger partial charge in [0.15, 0.2) is 6.61 Å². The Morgan fingerprint density at radius 3 is 2.88 bits per heavy atom. The summed E-state index contributed by atoms with van der Waals surface area (Å²) in [6.07, 6.45) is 0. The molecule has 5 heteroatoms. The van der Waals surface area contributed by atoms with Crippen LogP contribution in [0.15, 0.2) is 22.7 Å². The molecule has 0 atom stereocenters. The maximum absolute atomic E-state index is 11.3. The van der Waals surface area contributed by atoms with Crippen LogP contribution in [0.4, 0.5) is 0 Å². The van der Waals surface area contributed by atoms with Gasteiger partial charge in [-0.25, -0.2) is 0 Å². The van der Waals surface area contributed by atoms with Crippen molar-refractivity contribution in [2.75, 3.05) is 6.61 Å². The topological polar surface area (TPSA) is 38.3 Å². The first-order valence-electron chi connectivity index (χ1n) is 4.87. The van der Waals surface area contributed by atoms with Crippen LogP contribution >= 0.6 is 27.5 Å². The normalized spacial score (nSPS) is 10.3. The molecule has 0 spiro atoms. The maximum Gasteiger partial charge on any atom is 0.258 e. The lowest BCUT2D eigenvalue weighted by molar-refractivity contribution is -0.123. The van der Waals surface area contributed by atoms with Crippen molar-refractivity contribution in [1.82, 2.24) is 5.32 Å². The Morgan fingerprint density at radius 1 is 1.56 bits per heavy atom. The second-order valence-electron chi connectivity index (χ2n) is 3.56. The lowest BCUT2D eigenvalue weighted by Crippen LogP contribution is -2.34. The number of ether oxygens (including phenoxy) is 1. The van der Waals surface area contributed by atoms with Gasteiger partial charge in [-0.2, -0.15) is 0 Å². The molecule has 16 heavy (non-hydrogen) atoms. The Balaban J connectivity index is 2.55. The van der Waals surface area contributed by atoms with Crippen LogP contribution in [0.25, 0.3) is 0 Å². The van der Waals surface area contributed by atoms with Crippen LogP contribution in [0.5, 0.6) is 5.75 Å². The van der Waals surface area contributed by atoms with E-state index in [1.54, 1.807) is 18.2 Å². The molecule has 0 aliphatic carbocycles. The molecule has 0 fully saturated rings. The Bertz CT molecular complexity index is 382. The van der Waals surface area contributed by atoms with E-state index in [4.69, 9.17) is 16.3 Å². The van der Waals surface area contributed by atoms with E-state index in [1.807, 2.05) is 13.8 Å². The van der Waals surface area contributed by atoms with Crippen molar-refractivity contribution in [1.29, 1.82) is 0 Å². The van der Waals surface area contributed by atoms with Crippen molar-refractivity contribution in [2.45, 2.75) is 19.9 Å². The number of carbonyl (C=O) groups excluding carboxylic acids is 1. The molecule has 0 saturated heterocycles. The fourth-order valence-electron chi connectivity index (χ4n) is 1.10. The average Bonchev–Trinajstić information content (AvgIpc) is 2.19. The van der Waals surface area contributed by atoms with Crippen molar-refractivity contribution in [3.05, 3.63) is 27.7 Å². The number of hydrogen-bond acceptors (Lipinski definition) is 2. The van der Waals surface area contributed by atoms with Crippen LogP contribution in [-0.4, -0.2) is 18.6 Å². The van der Waals surface area contributed by atoms with Crippen molar-refractivity contribution in [2.24, 2.45) is 0 Å². The zero-order chi connectivity index (χ0) is 12.1. The summed E-state index contributed by atoms with van der Waals surface area (Å²) in [5, 5.41) is 3.29. The number of halogens is 2. The molecule has 1 aromatic carbocycles. The number of carbonyl (C=O) groups is 1. The number of hydrogen-bond donors (Lipinski definition) is 1. The first-order valence-corrected chi connectivity index (χ1v) is 6.04. The van der Waals surface area contributed by atoms with Gasteiger partial charge >= 0.3 is 0 Å². The smallest absolute Gasteiger partial charge is 0.258 e. The van der Waals surface area contributed by atoms with Crippen LogP contribution in [0.1, 0.15) is 13.8 Å². The van der Waals surface area contributed by atoms with E-state index < -0.39 is 0 Å². The summed E-state index contributed by atoms with van der Waals surface area (Å²) in [5.41, 5.74) is 0. The van der Waals surface area contributed by atoms with Gasteiger partial charge in [0.1, 0.15) is 5.75 Å². The first kappa shape index (κ1) is 13.3. The number of rotatable bonds is 4. The van der Waals surface area contributed by atoms with Gasteiger partial charge in [-0.1, -0.05) is 17.7 Å². The third-order valence-corrected chi connectivity index (χ3v) is 3.09. The van der Waals surface area contributed by atoms with E-state index in [2.05, 4.69) is 21.2 Å². The zero-order valence-corrected chi connectivity index (χ0v) is 11.4. The fraction of sp³-hybridized carbons (Fsp3) is 0.364. The summed E-state index contributed by atoms with van der Waals surface area (Å²) in [4.78, 5) is 11.3. The van der Waals surface area contributed by atoms with Gasteiger partial charge in [0.05, 0.1) is 9.50 Å². The van der Waals surface area contributed by atoms with Gasteiger partial charge in [0.2, 0.25) is 0 Å². The molecular formula is C11H13BrClNO2. The minimum Gasteiger partial charge on any atom is -0.483 e. The molecule has 1 amide bonds. The highest BCUT2D eigenvalue weighted by Gasteiger charge is 2.08. The Hall–Kier alpha value is -0.740. The highest BCUT2D eigenvalue weighted by atomic mass is 79.9. The molecule has 0 aromatic heterocycles. The second-order valence-corrected chi connectivity index (χ2v) is 4.76. The van der Waals surface area contributed by atoms with Gasteiger partial charge in [-0.05, 0) is 41.9 Å². The maximum atomic E-state index is 11.3. The quantitative estimate of drug-likeness (QED) is 0.928. The van der Waals surface area contributed by atoms with Gasteiger partial charge in [-0.15, -0.1) is 0 Å². The standard InChI is InChI=1S/C11H13BrClNO2/c1-7(2)14-10(15)6-16-9-5-3-4-8(13)11(9)12/h3-5,7H,6H2,1-2H3,(H,14,15). The SMILES string of the molecule is CC(C)NC(=O)COc1cccc(Cl)c1Br. The van der Waals surface area contributed by atoms with Gasteiger partial charge in [0, 0.05) is 6.04 Å². The highest BCUT2D eigenvalue weighted by Crippen LogP contribution is 2.31. The lowest BCUT2D eigenvalue weighted by atomic mass is 10.3. The summed E-state index contributed by atoms with van der Waals surface area (Å²) >= 11 is 9.18. The molecule has 0 unspecified atom stereocenters. The molecule has 0 bridgehead atoms. The van der Waals surface area contributed by atoms with Crippen LogP contribution in [0, 0.1) is 0 Å². The molecule has 0 radical (unpaired) electrons. The third kappa shape index (κ3) is 4.02. The molecule has 0 aliphatic rings. The second kappa shape index (κ2) is 6.11. The monoisotopic (exact) mass is 305 g/mol. The summed E-state index contributed by atoms with van der Waals surface area (Å²) in [6.45, 7) is 3.78. The van der Waals surface area contributed by atoms with E-state index in [9.17, 15) is 4.79 Å². The predicted octanol–water partition coefficient (Wildman–Crippen LogP) is 3.01. The van der Waals surface area contributed by atoms with E-state index in [0.717, 1.165) is 0 Å². The minimum atomic E-state index is -0.151. The fourth-order valence-corrected chi connectivity index (χ4v) is 1.65. The molecule has 1 aromatic rings. The zero-order valence-electron chi connectivity index (χ0n) is 9.09. The number of amides is 1. The molecule has 0 heterocycles. The minimum absolute atomic E-state index is 0.0167. The van der Waals surface area contributed by atoms with E-state index in [0.29, 0.717) is 15.2 Å². The third-order valence-electron chi connectivity index (χ3n) is 1.72. The summed E-state index contributed by atoms with van der Waals surface area (Å²) in [7, 11) is 0. The molecule has 3 nitrogen and oxygen atoms in total. The highest BCUT2D eigenvalue weighted by molar-refractivity contribution is 9.10. The number of benzene rings is 1. The molecular weight excluding hydrogens is 293 g/mol. The molecule has 0 aliphatic heterocycles. The van der Waals surface area contributed by atoms with Gasteiger partial charge < -0.3 is 10.1 Å². The van der Waals surface area contributed by atoms with Crippen LogP contribution in [-0.2, 0) is 4.79 Å². The van der Waals surface area contributed by atoms with Gasteiger partial charge in [-0.3, -0.25) is 4.79 Å². The average molecular weight is 307 g/mol. The van der Waals surface area contributed by atoms with Crippen LogP contribution in [0.2, 0.25) is 5.02 Å². The Morgan fingerprint density at radius 2 is 2.25 bits per heavy atom. The van der Waals surface area contributed by atoms with Crippen molar-refractivity contribution in [3.63, 3.8) is 0 Å². The van der Waals surface area contributed by atoms with E-state index in [-0.39, 0.29) is 18.6 Å². The molecule has 1 rings (SSSR count). The van der Waals surface area contributed by atoms with Crippen LogP contribution < -0.4 is 10.1 Å². The largest absolute Gasteiger partial charge is 0.483 e. The molecule has 1 N–H and O–H groups in total. The number of nitrogens with one attached hydrogen (secondary N) is 1. The summed E-state index contributed by atoms with van der Waals surface area (Å²) < 4.78 is 6.00. The summed E-state index contributed by atoms with van der Waals surface area (Å²) in [6, 6.07) is 5.37. The Labute approximate surface area is 108 Å². The predicted molar refractivity (Wildman–Crippen MR) is 67.9 cm³/mol. The summed E-state index contributed by atoms with van der Waals surface area (Å²) in [5.74, 6) is 0.410. The van der Waals surface area contributed by atoms with Crippen molar-refractivity contribution < 1.29 is 9.53 Å². The van der Waals surface area contributed by atoms with Crippen molar-refractivity contribution in [3.8, 4) is 5.75 Å². The first-order chi connectivity index (χ1) is 7.50. The van der Waals surface area contributed by atoms with E-state index >= 15 is 0 Å². The van der Waals surface area contributed by atoms with Crippen molar-refractivity contribution >= 4 is 33.4 Å². The lowest BCUT2D eigenvalue weighted by Gasteiger charge is -2.11.